The van der Waals surface area contributed by atoms with Gasteiger partial charge in [0.05, 0.1) is 11.1 Å². The van der Waals surface area contributed by atoms with E-state index in [1.807, 2.05) is 54.9 Å². The van der Waals surface area contributed by atoms with E-state index in [2.05, 4.69) is 32.2 Å². The van der Waals surface area contributed by atoms with Crippen LogP contribution in [0.15, 0.2) is 73.6 Å². The molecule has 0 saturated heterocycles. The lowest BCUT2D eigenvalue weighted by Crippen LogP contribution is -2.10. The molecule has 0 atom stereocenters. The predicted molar refractivity (Wildman–Crippen MR) is 149 cm³/mol. The summed E-state index contributed by atoms with van der Waals surface area (Å²) in [5.41, 5.74) is 6.38. The van der Waals surface area contributed by atoms with Crippen molar-refractivity contribution in [2.24, 2.45) is 7.05 Å². The van der Waals surface area contributed by atoms with Gasteiger partial charge >= 0.3 is 0 Å². The molecule has 2 N–H and O–H groups in total. The van der Waals surface area contributed by atoms with Gasteiger partial charge in [-0.25, -0.2) is 19.3 Å². The summed E-state index contributed by atoms with van der Waals surface area (Å²) < 4.78 is 23.5. The average molecular weight is 521 g/mol. The van der Waals surface area contributed by atoms with Crippen molar-refractivity contribution in [3.8, 4) is 34.0 Å². The van der Waals surface area contributed by atoms with E-state index >= 15 is 4.39 Å². The Kier molecular flexibility index (Phi) is 6.03. The van der Waals surface area contributed by atoms with E-state index in [0.29, 0.717) is 30.4 Å². The number of hydrogen-bond donors (Lipinski definition) is 2. The van der Waals surface area contributed by atoms with Crippen molar-refractivity contribution in [1.82, 2.24) is 19.5 Å². The maximum absolute atomic E-state index is 15.7. The maximum Gasteiger partial charge on any atom is 0.247 e. The summed E-state index contributed by atoms with van der Waals surface area (Å²) in [5.74, 6) is 0.372. The number of pyridine rings is 1. The largest absolute Gasteiger partial charge is 0.436 e. The molecule has 0 fully saturated rings. The van der Waals surface area contributed by atoms with Gasteiger partial charge in [0.15, 0.2) is 11.6 Å². The summed E-state index contributed by atoms with van der Waals surface area (Å²) in [6.45, 7) is 5.96. The zero-order valence-corrected chi connectivity index (χ0v) is 21.5. The third kappa shape index (κ3) is 4.37. The number of aromatic nitrogens is 4. The Morgan fingerprint density at radius 2 is 2.00 bits per heavy atom. The van der Waals surface area contributed by atoms with Crippen LogP contribution in [0.3, 0.4) is 0 Å². The van der Waals surface area contributed by atoms with Crippen molar-refractivity contribution in [2.75, 3.05) is 17.2 Å². The Hall–Kier alpha value is -5.05. The van der Waals surface area contributed by atoms with E-state index in [9.17, 15) is 4.79 Å². The first-order chi connectivity index (χ1) is 18.9. The topological polar surface area (TPSA) is 94.0 Å². The number of benzene rings is 2. The van der Waals surface area contributed by atoms with Crippen molar-refractivity contribution in [3.63, 3.8) is 0 Å². The molecule has 9 heteroatoms. The molecule has 3 aromatic heterocycles. The van der Waals surface area contributed by atoms with Crippen LogP contribution in [-0.2, 0) is 18.3 Å². The molecule has 1 aliphatic rings. The second-order valence-electron chi connectivity index (χ2n) is 9.31. The van der Waals surface area contributed by atoms with Gasteiger partial charge in [-0.3, -0.25) is 4.79 Å². The Bertz CT molecular complexity index is 1760. The highest BCUT2D eigenvalue weighted by Crippen LogP contribution is 2.45. The molecule has 0 radical (unpaired) electrons. The van der Waals surface area contributed by atoms with Crippen LogP contribution in [0.5, 0.6) is 11.6 Å². The molecule has 6 rings (SSSR count). The number of anilines is 2. The molecule has 1 aliphatic heterocycles. The van der Waals surface area contributed by atoms with Gasteiger partial charge in [-0.2, -0.15) is 0 Å². The lowest BCUT2D eigenvalue weighted by Gasteiger charge is -2.19. The number of rotatable bonds is 5. The van der Waals surface area contributed by atoms with Crippen LogP contribution in [0.1, 0.15) is 11.3 Å². The summed E-state index contributed by atoms with van der Waals surface area (Å²) in [5, 5.41) is 7.00. The first-order valence-electron chi connectivity index (χ1n) is 12.5. The SMILES string of the molecule is C=CC(=O)Nc1ccc(-c2c3c4c(ncnc4n2C)NCCc2cc(Oc4cccc(C)n4)c(F)cc2-3)cc1. The number of carbonyl (C=O) groups excluding carboxylic acids is 1. The molecule has 8 nitrogen and oxygen atoms in total. The van der Waals surface area contributed by atoms with E-state index in [0.717, 1.165) is 44.7 Å². The molecule has 0 unspecified atom stereocenters. The minimum Gasteiger partial charge on any atom is -0.436 e. The van der Waals surface area contributed by atoms with E-state index in [1.165, 1.54) is 18.5 Å². The molecular weight excluding hydrogens is 495 g/mol. The van der Waals surface area contributed by atoms with E-state index < -0.39 is 5.82 Å². The average Bonchev–Trinajstić information content (AvgIpc) is 3.22. The van der Waals surface area contributed by atoms with Crippen LogP contribution in [0.25, 0.3) is 33.4 Å². The van der Waals surface area contributed by atoms with Crippen molar-refractivity contribution in [2.45, 2.75) is 13.3 Å². The normalized spacial score (nSPS) is 12.2. The Morgan fingerprint density at radius 1 is 1.18 bits per heavy atom. The summed E-state index contributed by atoms with van der Waals surface area (Å²) in [4.78, 5) is 25.2. The van der Waals surface area contributed by atoms with Gasteiger partial charge in [0, 0.05) is 36.6 Å². The minimum absolute atomic E-state index is 0.119. The fourth-order valence-electron chi connectivity index (χ4n) is 5.01. The first kappa shape index (κ1) is 24.3. The second-order valence-corrected chi connectivity index (χ2v) is 9.31. The summed E-state index contributed by atoms with van der Waals surface area (Å²) >= 11 is 0. The van der Waals surface area contributed by atoms with Gasteiger partial charge in [0.25, 0.3) is 0 Å². The third-order valence-electron chi connectivity index (χ3n) is 6.77. The van der Waals surface area contributed by atoms with E-state index in [-0.39, 0.29) is 11.7 Å². The highest BCUT2D eigenvalue weighted by atomic mass is 19.1. The lowest BCUT2D eigenvalue weighted by atomic mass is 9.92. The van der Waals surface area contributed by atoms with Crippen LogP contribution in [0.2, 0.25) is 0 Å². The van der Waals surface area contributed by atoms with E-state index in [1.54, 1.807) is 12.1 Å². The number of hydrogen-bond acceptors (Lipinski definition) is 6. The number of ether oxygens (including phenoxy) is 1. The molecule has 0 saturated carbocycles. The van der Waals surface area contributed by atoms with Crippen molar-refractivity contribution >= 4 is 28.4 Å². The maximum atomic E-state index is 15.7. The number of amides is 1. The van der Waals surface area contributed by atoms with Gasteiger partial charge in [-0.15, -0.1) is 0 Å². The molecule has 194 valence electrons. The van der Waals surface area contributed by atoms with Crippen LogP contribution < -0.4 is 15.4 Å². The molecule has 0 aliphatic carbocycles. The Balaban J connectivity index is 1.54. The number of fused-ring (bicyclic) bond motifs is 2. The molecule has 4 heterocycles. The molecule has 1 amide bonds. The molecule has 39 heavy (non-hydrogen) atoms. The molecule has 0 spiro atoms. The summed E-state index contributed by atoms with van der Waals surface area (Å²) in [7, 11) is 1.93. The van der Waals surface area contributed by atoms with Crippen molar-refractivity contribution in [3.05, 3.63) is 90.7 Å². The molecule has 0 bridgehead atoms. The van der Waals surface area contributed by atoms with Crippen molar-refractivity contribution < 1.29 is 13.9 Å². The number of aryl methyl sites for hydroxylation is 2. The fraction of sp³-hybridized carbons (Fsp3) is 0.133. The molecule has 2 aromatic carbocycles. The Morgan fingerprint density at radius 3 is 2.77 bits per heavy atom. The van der Waals surface area contributed by atoms with Gasteiger partial charge in [0.2, 0.25) is 11.8 Å². The highest BCUT2D eigenvalue weighted by Gasteiger charge is 2.27. The highest BCUT2D eigenvalue weighted by molar-refractivity contribution is 6.09. The van der Waals surface area contributed by atoms with Gasteiger partial charge < -0.3 is 19.9 Å². The fourth-order valence-corrected chi connectivity index (χ4v) is 5.01. The predicted octanol–water partition coefficient (Wildman–Crippen LogP) is 6.03. The van der Waals surface area contributed by atoms with Gasteiger partial charge in [-0.05, 0) is 66.4 Å². The van der Waals surface area contributed by atoms with Crippen molar-refractivity contribution in [1.29, 1.82) is 0 Å². The van der Waals surface area contributed by atoms with E-state index in [4.69, 9.17) is 4.74 Å². The standard InChI is InChI=1S/C30H25FN6O2/c1-4-24(38)36-20-10-8-18(9-11-20)28-26-21-15-22(31)23(39-25-7-5-6-17(2)35-25)14-19(21)12-13-32-29-27(26)30(37(28)3)34-16-33-29/h4-11,14-16H,1,12-13H2,2-3H3,(H,36,38)(H,32,33,34). The third-order valence-corrected chi connectivity index (χ3v) is 6.77. The van der Waals surface area contributed by atoms with Gasteiger partial charge in [-0.1, -0.05) is 24.8 Å². The first-order valence-corrected chi connectivity index (χ1v) is 12.5. The van der Waals surface area contributed by atoms with Crippen LogP contribution >= 0.6 is 0 Å². The number of carbonyl (C=O) groups is 1. The summed E-state index contributed by atoms with van der Waals surface area (Å²) in [6, 6.07) is 16.1. The van der Waals surface area contributed by atoms with Gasteiger partial charge in [0.1, 0.15) is 17.8 Å². The second kappa shape index (κ2) is 9.68. The zero-order chi connectivity index (χ0) is 27.1. The van der Waals surface area contributed by atoms with Crippen LogP contribution in [-0.4, -0.2) is 32.0 Å². The molecule has 5 aromatic rings. The van der Waals surface area contributed by atoms with Crippen LogP contribution in [0.4, 0.5) is 15.9 Å². The van der Waals surface area contributed by atoms with Crippen LogP contribution in [0, 0.1) is 12.7 Å². The smallest absolute Gasteiger partial charge is 0.247 e. The zero-order valence-electron chi connectivity index (χ0n) is 21.5. The quantitative estimate of drug-likeness (QED) is 0.275. The minimum atomic E-state index is -0.491. The number of nitrogens with zero attached hydrogens (tertiary/aromatic N) is 4. The summed E-state index contributed by atoms with van der Waals surface area (Å²) in [6.07, 6.45) is 3.38. The molecular formula is C30H25FN6O2. The Labute approximate surface area is 224 Å². The number of nitrogens with one attached hydrogen (secondary N) is 2. The lowest BCUT2D eigenvalue weighted by molar-refractivity contribution is -0.111. The number of halogens is 1. The monoisotopic (exact) mass is 520 g/mol.